The third-order valence-corrected chi connectivity index (χ3v) is 6.60. The highest BCUT2D eigenvalue weighted by Gasteiger charge is 2.44. The van der Waals surface area contributed by atoms with Crippen molar-refractivity contribution in [1.82, 2.24) is 0 Å². The Labute approximate surface area is 92.1 Å². The number of hydrogen-bond acceptors (Lipinski definition) is 3. The van der Waals surface area contributed by atoms with Gasteiger partial charge in [-0.15, -0.1) is 11.8 Å². The molecule has 0 aliphatic rings. The summed E-state index contributed by atoms with van der Waals surface area (Å²) in [6.07, 6.45) is 3.97. The highest BCUT2D eigenvalue weighted by Crippen LogP contribution is 2.40. The van der Waals surface area contributed by atoms with Gasteiger partial charge in [-0.3, -0.25) is 4.79 Å². The molecular formula is C10H20O2SSi. The van der Waals surface area contributed by atoms with E-state index in [0.29, 0.717) is 0 Å². The van der Waals surface area contributed by atoms with Crippen LogP contribution >= 0.6 is 11.8 Å². The van der Waals surface area contributed by atoms with Crippen LogP contribution in [0.25, 0.3) is 0 Å². The first-order valence-corrected chi connectivity index (χ1v) is 9.37. The largest absolute Gasteiger partial charge is 0.469 e. The van der Waals surface area contributed by atoms with Gasteiger partial charge in [0.05, 0.1) is 20.2 Å². The molecule has 0 fully saturated rings. The zero-order valence-corrected chi connectivity index (χ0v) is 11.7. The third-order valence-electron chi connectivity index (χ3n) is 2.70. The fraction of sp³-hybridized carbons (Fsp3) is 0.700. The number of carbonyl (C=O) groups is 1. The fourth-order valence-electron chi connectivity index (χ4n) is 1.04. The maximum absolute atomic E-state index is 11.7. The summed E-state index contributed by atoms with van der Waals surface area (Å²) in [5.74, 6) is -0.123. The van der Waals surface area contributed by atoms with Crippen molar-refractivity contribution in [1.29, 1.82) is 0 Å². The Morgan fingerprint density at radius 3 is 2.21 bits per heavy atom. The molecule has 0 aliphatic heterocycles. The second-order valence-corrected chi connectivity index (χ2v) is 10.8. The molecule has 0 rings (SSSR count). The summed E-state index contributed by atoms with van der Waals surface area (Å²) in [5, 5.41) is 1.54. The fourth-order valence-corrected chi connectivity index (χ4v) is 2.87. The summed E-state index contributed by atoms with van der Waals surface area (Å²) in [4.78, 5) is 11.7. The van der Waals surface area contributed by atoms with E-state index in [1.807, 2.05) is 24.7 Å². The van der Waals surface area contributed by atoms with E-state index in [-0.39, 0.29) is 5.97 Å². The summed E-state index contributed by atoms with van der Waals surface area (Å²) in [7, 11) is -0.155. The van der Waals surface area contributed by atoms with Crippen LogP contribution in [0.15, 0.2) is 11.5 Å². The van der Waals surface area contributed by atoms with Gasteiger partial charge in [-0.2, -0.15) is 0 Å². The molecule has 0 saturated heterocycles. The van der Waals surface area contributed by atoms with Crippen molar-refractivity contribution in [3.8, 4) is 0 Å². The number of methoxy groups -OCH3 is 1. The standard InChI is InChI=1S/C10H20O2SSi/c1-10(7-8-13-3,9(11)12-2)14(4,5)6/h7-8H,1-6H3/b8-7+. The van der Waals surface area contributed by atoms with E-state index < -0.39 is 13.1 Å². The summed E-state index contributed by atoms with van der Waals surface area (Å²) >= 11 is 1.61. The smallest absolute Gasteiger partial charge is 0.312 e. The van der Waals surface area contributed by atoms with E-state index in [2.05, 4.69) is 19.6 Å². The van der Waals surface area contributed by atoms with E-state index in [1.54, 1.807) is 11.8 Å². The lowest BCUT2D eigenvalue weighted by Gasteiger charge is -2.34. The number of ether oxygens (including phenoxy) is 1. The maximum Gasteiger partial charge on any atom is 0.312 e. The average Bonchev–Trinajstić information content (AvgIpc) is 2.10. The van der Waals surface area contributed by atoms with Gasteiger partial charge >= 0.3 is 5.97 Å². The van der Waals surface area contributed by atoms with E-state index in [1.165, 1.54) is 7.11 Å². The molecule has 0 aliphatic carbocycles. The lowest BCUT2D eigenvalue weighted by atomic mass is 10.2. The predicted molar refractivity (Wildman–Crippen MR) is 66.4 cm³/mol. The zero-order valence-electron chi connectivity index (χ0n) is 9.88. The molecule has 0 saturated carbocycles. The van der Waals surface area contributed by atoms with Crippen molar-refractivity contribution in [2.24, 2.45) is 0 Å². The monoisotopic (exact) mass is 232 g/mol. The Balaban J connectivity index is 5.06. The van der Waals surface area contributed by atoms with Gasteiger partial charge in [-0.25, -0.2) is 0 Å². The van der Waals surface area contributed by atoms with Crippen molar-refractivity contribution in [2.75, 3.05) is 13.4 Å². The highest BCUT2D eigenvalue weighted by molar-refractivity contribution is 8.01. The molecule has 0 spiro atoms. The number of hydrogen-bond donors (Lipinski definition) is 0. The van der Waals surface area contributed by atoms with E-state index in [9.17, 15) is 4.79 Å². The number of thioether (sulfide) groups is 1. The van der Waals surface area contributed by atoms with Crippen molar-refractivity contribution in [2.45, 2.75) is 31.6 Å². The Morgan fingerprint density at radius 1 is 1.43 bits per heavy atom. The zero-order chi connectivity index (χ0) is 11.4. The molecule has 0 radical (unpaired) electrons. The van der Waals surface area contributed by atoms with Crippen molar-refractivity contribution in [3.63, 3.8) is 0 Å². The first kappa shape index (κ1) is 13.8. The molecule has 0 N–H and O–H groups in total. The van der Waals surface area contributed by atoms with Crippen LogP contribution in [0, 0.1) is 0 Å². The quantitative estimate of drug-likeness (QED) is 0.550. The first-order chi connectivity index (χ1) is 6.29. The van der Waals surface area contributed by atoms with Crippen LogP contribution in [0.3, 0.4) is 0 Å². The molecule has 0 aromatic heterocycles. The lowest BCUT2D eigenvalue weighted by molar-refractivity contribution is -0.142. The van der Waals surface area contributed by atoms with Crippen molar-refractivity contribution < 1.29 is 9.53 Å². The van der Waals surface area contributed by atoms with Crippen LogP contribution in [0.2, 0.25) is 24.7 Å². The van der Waals surface area contributed by atoms with Crippen LogP contribution in [0.5, 0.6) is 0 Å². The summed E-state index contributed by atoms with van der Waals surface area (Å²) in [6.45, 7) is 8.50. The van der Waals surface area contributed by atoms with Gasteiger partial charge in [0.2, 0.25) is 0 Å². The van der Waals surface area contributed by atoms with Crippen LogP contribution < -0.4 is 0 Å². The van der Waals surface area contributed by atoms with E-state index in [0.717, 1.165) is 0 Å². The first-order valence-electron chi connectivity index (χ1n) is 4.58. The maximum atomic E-state index is 11.7. The van der Waals surface area contributed by atoms with Gasteiger partial charge in [0, 0.05) is 0 Å². The molecule has 2 nitrogen and oxygen atoms in total. The third kappa shape index (κ3) is 2.88. The van der Waals surface area contributed by atoms with Gasteiger partial charge in [-0.1, -0.05) is 25.7 Å². The Kier molecular flexibility index (Phi) is 4.95. The number of carbonyl (C=O) groups excluding carboxylic acids is 1. The lowest BCUT2D eigenvalue weighted by Crippen LogP contribution is -2.42. The predicted octanol–water partition coefficient (Wildman–Crippen LogP) is 3.13. The molecule has 0 bridgehead atoms. The van der Waals surface area contributed by atoms with Gasteiger partial charge < -0.3 is 4.74 Å². The molecule has 0 aromatic carbocycles. The number of rotatable bonds is 4. The van der Waals surface area contributed by atoms with Gasteiger partial charge in [0.15, 0.2) is 0 Å². The molecule has 1 atom stereocenters. The molecule has 1 unspecified atom stereocenters. The summed E-state index contributed by atoms with van der Waals surface area (Å²) in [6, 6.07) is 0. The van der Waals surface area contributed by atoms with Crippen LogP contribution in [0.1, 0.15) is 6.92 Å². The molecular weight excluding hydrogens is 212 g/mol. The molecule has 4 heteroatoms. The van der Waals surface area contributed by atoms with Crippen LogP contribution in [-0.4, -0.2) is 27.4 Å². The Morgan fingerprint density at radius 2 is 1.93 bits per heavy atom. The normalized spacial score (nSPS) is 16.7. The van der Waals surface area contributed by atoms with E-state index in [4.69, 9.17) is 4.74 Å². The highest BCUT2D eigenvalue weighted by atomic mass is 32.2. The topological polar surface area (TPSA) is 26.3 Å². The second-order valence-electron chi connectivity index (χ2n) is 4.48. The van der Waals surface area contributed by atoms with Gasteiger partial charge in [0.25, 0.3) is 0 Å². The minimum atomic E-state index is -1.61. The molecule has 0 amide bonds. The molecule has 0 heterocycles. The van der Waals surface area contributed by atoms with Crippen molar-refractivity contribution in [3.05, 3.63) is 11.5 Å². The Hall–Kier alpha value is -0.223. The molecule has 14 heavy (non-hydrogen) atoms. The van der Waals surface area contributed by atoms with Crippen molar-refractivity contribution >= 4 is 25.8 Å². The molecule has 82 valence electrons. The van der Waals surface area contributed by atoms with E-state index >= 15 is 0 Å². The number of esters is 1. The van der Waals surface area contributed by atoms with Gasteiger partial charge in [0.1, 0.15) is 0 Å². The molecule has 0 aromatic rings. The summed E-state index contributed by atoms with van der Waals surface area (Å²) < 4.78 is 4.87. The minimum Gasteiger partial charge on any atom is -0.469 e. The van der Waals surface area contributed by atoms with Gasteiger partial charge in [-0.05, 0) is 18.6 Å². The summed E-state index contributed by atoms with van der Waals surface area (Å²) in [5.41, 5.74) is 0. The second kappa shape index (κ2) is 5.03. The van der Waals surface area contributed by atoms with Crippen LogP contribution in [0.4, 0.5) is 0 Å². The SMILES string of the molecule is COC(=O)C(C)(/C=C/SC)[Si](C)(C)C. The average molecular weight is 232 g/mol. The van der Waals surface area contributed by atoms with Crippen LogP contribution in [-0.2, 0) is 9.53 Å². The Bertz CT molecular complexity index is 233. The minimum absolute atomic E-state index is 0.123.